The number of rotatable bonds is 7. The SMILES string of the molecule is CCOC(=O)c1c(-c2ccccc2)csc1NS(=O)(=O)c1ccccc1[N+](=O)[O-]. The maximum atomic E-state index is 12.8. The Kier molecular flexibility index (Phi) is 5.95. The smallest absolute Gasteiger partial charge is 0.341 e. The Balaban J connectivity index is 2.09. The molecule has 1 N–H and O–H groups in total. The van der Waals surface area contributed by atoms with Crippen LogP contribution in [0.1, 0.15) is 17.3 Å². The van der Waals surface area contributed by atoms with Crippen LogP contribution >= 0.6 is 11.3 Å². The first-order valence-corrected chi connectivity index (χ1v) is 10.8. The van der Waals surface area contributed by atoms with Gasteiger partial charge < -0.3 is 4.74 Å². The fourth-order valence-electron chi connectivity index (χ4n) is 2.68. The van der Waals surface area contributed by atoms with E-state index in [1.807, 2.05) is 6.07 Å². The molecule has 0 atom stereocenters. The normalized spacial score (nSPS) is 11.1. The van der Waals surface area contributed by atoms with Gasteiger partial charge in [-0.1, -0.05) is 42.5 Å². The molecule has 0 saturated heterocycles. The van der Waals surface area contributed by atoms with Crippen LogP contribution in [0, 0.1) is 10.1 Å². The molecule has 8 nitrogen and oxygen atoms in total. The van der Waals surface area contributed by atoms with E-state index in [-0.39, 0.29) is 17.2 Å². The molecular formula is C19H16N2O6S2. The van der Waals surface area contributed by atoms with E-state index in [4.69, 9.17) is 4.74 Å². The molecule has 1 heterocycles. The minimum absolute atomic E-state index is 0.0282. The van der Waals surface area contributed by atoms with Crippen LogP contribution in [-0.2, 0) is 14.8 Å². The van der Waals surface area contributed by atoms with E-state index in [2.05, 4.69) is 4.72 Å². The van der Waals surface area contributed by atoms with Gasteiger partial charge in [-0.3, -0.25) is 14.8 Å². The highest BCUT2D eigenvalue weighted by Gasteiger charge is 2.29. The number of ether oxygens (including phenoxy) is 1. The van der Waals surface area contributed by atoms with Gasteiger partial charge in [0.15, 0.2) is 4.90 Å². The predicted molar refractivity (Wildman–Crippen MR) is 110 cm³/mol. The van der Waals surface area contributed by atoms with E-state index in [1.165, 1.54) is 12.1 Å². The standard InChI is InChI=1S/C19H16N2O6S2/c1-2-27-19(22)17-14(13-8-4-3-5-9-13)12-28-18(17)20-29(25,26)16-11-7-6-10-15(16)21(23)24/h3-12,20H,2H2,1H3. The highest BCUT2D eigenvalue weighted by atomic mass is 32.2. The van der Waals surface area contributed by atoms with E-state index in [9.17, 15) is 23.3 Å². The first kappa shape index (κ1) is 20.5. The van der Waals surface area contributed by atoms with Crippen molar-refractivity contribution in [3.63, 3.8) is 0 Å². The summed E-state index contributed by atoms with van der Waals surface area (Å²) in [4.78, 5) is 22.5. The van der Waals surface area contributed by atoms with Gasteiger partial charge in [-0.05, 0) is 18.6 Å². The maximum Gasteiger partial charge on any atom is 0.341 e. The molecule has 0 radical (unpaired) electrons. The van der Waals surface area contributed by atoms with Crippen LogP contribution in [0.25, 0.3) is 11.1 Å². The monoisotopic (exact) mass is 432 g/mol. The lowest BCUT2D eigenvalue weighted by atomic mass is 10.0. The van der Waals surface area contributed by atoms with E-state index < -0.39 is 31.5 Å². The van der Waals surface area contributed by atoms with Gasteiger partial charge in [-0.2, -0.15) is 0 Å². The summed E-state index contributed by atoms with van der Waals surface area (Å²) in [5.41, 5.74) is 0.722. The number of thiophene rings is 1. The molecule has 3 rings (SSSR count). The summed E-state index contributed by atoms with van der Waals surface area (Å²) in [6, 6.07) is 14.0. The summed E-state index contributed by atoms with van der Waals surface area (Å²) >= 11 is 1.00. The van der Waals surface area contributed by atoms with Crippen molar-refractivity contribution >= 4 is 38.0 Å². The average molecular weight is 432 g/mol. The second-order valence-corrected chi connectivity index (χ2v) is 8.30. The molecule has 1 aromatic heterocycles. The quantitative estimate of drug-likeness (QED) is 0.338. The first-order valence-electron chi connectivity index (χ1n) is 8.45. The number of hydrogen-bond acceptors (Lipinski definition) is 7. The molecule has 150 valence electrons. The van der Waals surface area contributed by atoms with Crippen LogP contribution < -0.4 is 4.72 Å². The van der Waals surface area contributed by atoms with Gasteiger partial charge in [0.1, 0.15) is 10.6 Å². The van der Waals surface area contributed by atoms with Gasteiger partial charge in [0.25, 0.3) is 15.7 Å². The molecular weight excluding hydrogens is 416 g/mol. The maximum absolute atomic E-state index is 12.8. The van der Waals surface area contributed by atoms with Gasteiger partial charge in [-0.15, -0.1) is 11.3 Å². The molecule has 3 aromatic rings. The lowest BCUT2D eigenvalue weighted by Gasteiger charge is -2.10. The lowest BCUT2D eigenvalue weighted by Crippen LogP contribution is -2.16. The number of anilines is 1. The van der Waals surface area contributed by atoms with Crippen LogP contribution in [0.4, 0.5) is 10.7 Å². The summed E-state index contributed by atoms with van der Waals surface area (Å²) in [7, 11) is -4.32. The van der Waals surface area contributed by atoms with Crippen molar-refractivity contribution in [2.75, 3.05) is 11.3 Å². The minimum Gasteiger partial charge on any atom is -0.462 e. The molecule has 0 bridgehead atoms. The van der Waals surface area contributed by atoms with Crippen LogP contribution in [0.3, 0.4) is 0 Å². The summed E-state index contributed by atoms with van der Waals surface area (Å²) in [5, 5.41) is 12.9. The van der Waals surface area contributed by atoms with Crippen LogP contribution in [0.2, 0.25) is 0 Å². The fraction of sp³-hybridized carbons (Fsp3) is 0.105. The number of nitro groups is 1. The van der Waals surface area contributed by atoms with Crippen LogP contribution in [0.15, 0.2) is 64.9 Å². The number of carbonyl (C=O) groups is 1. The number of benzene rings is 2. The van der Waals surface area contributed by atoms with Crippen molar-refractivity contribution in [1.82, 2.24) is 0 Å². The Bertz CT molecular complexity index is 1160. The van der Waals surface area contributed by atoms with Crippen molar-refractivity contribution in [2.24, 2.45) is 0 Å². The third-order valence-electron chi connectivity index (χ3n) is 3.93. The van der Waals surface area contributed by atoms with Gasteiger partial charge in [0.05, 0.1) is 11.5 Å². The number of esters is 1. The number of nitro benzene ring substituents is 1. The lowest BCUT2D eigenvalue weighted by molar-refractivity contribution is -0.387. The Labute approximate surface area is 171 Å². The molecule has 0 aliphatic rings. The highest BCUT2D eigenvalue weighted by molar-refractivity contribution is 7.93. The Morgan fingerprint density at radius 3 is 2.45 bits per heavy atom. The fourth-order valence-corrected chi connectivity index (χ4v) is 5.14. The summed E-state index contributed by atoms with van der Waals surface area (Å²) in [6.45, 7) is 1.75. The van der Waals surface area contributed by atoms with Gasteiger partial charge >= 0.3 is 5.97 Å². The molecule has 0 aliphatic heterocycles. The number of nitrogens with one attached hydrogen (secondary N) is 1. The summed E-state index contributed by atoms with van der Waals surface area (Å²) in [6.07, 6.45) is 0. The van der Waals surface area contributed by atoms with Gasteiger partial charge in [0.2, 0.25) is 0 Å². The zero-order valence-corrected chi connectivity index (χ0v) is 16.8. The Hall–Kier alpha value is -3.24. The van der Waals surface area contributed by atoms with E-state index in [0.717, 1.165) is 23.5 Å². The van der Waals surface area contributed by atoms with Gasteiger partial charge in [-0.25, -0.2) is 13.2 Å². The molecule has 2 aromatic carbocycles. The Morgan fingerprint density at radius 1 is 1.14 bits per heavy atom. The highest BCUT2D eigenvalue weighted by Crippen LogP contribution is 2.38. The molecule has 0 amide bonds. The molecule has 29 heavy (non-hydrogen) atoms. The summed E-state index contributed by atoms with van der Waals surface area (Å²) < 4.78 is 33.1. The molecule has 10 heteroatoms. The van der Waals surface area contributed by atoms with E-state index >= 15 is 0 Å². The van der Waals surface area contributed by atoms with Crippen molar-refractivity contribution in [3.05, 3.63) is 75.7 Å². The molecule has 0 saturated carbocycles. The van der Waals surface area contributed by atoms with Crippen LogP contribution in [-0.4, -0.2) is 25.9 Å². The molecule has 0 fully saturated rings. The number of nitrogens with zero attached hydrogens (tertiary/aromatic N) is 1. The van der Waals surface area contributed by atoms with Crippen molar-refractivity contribution < 1.29 is 22.9 Å². The topological polar surface area (TPSA) is 116 Å². The molecule has 0 unspecified atom stereocenters. The predicted octanol–water partition coefficient (Wildman–Crippen LogP) is 4.30. The second kappa shape index (κ2) is 8.41. The summed E-state index contributed by atoms with van der Waals surface area (Å²) in [5.74, 6) is -0.687. The average Bonchev–Trinajstić information content (AvgIpc) is 3.11. The first-order chi connectivity index (χ1) is 13.8. The van der Waals surface area contributed by atoms with Crippen molar-refractivity contribution in [1.29, 1.82) is 0 Å². The molecule has 0 aliphatic carbocycles. The van der Waals surface area contributed by atoms with Crippen molar-refractivity contribution in [2.45, 2.75) is 11.8 Å². The third kappa shape index (κ3) is 4.28. The third-order valence-corrected chi connectivity index (χ3v) is 6.36. The van der Waals surface area contributed by atoms with Crippen LogP contribution in [0.5, 0.6) is 0 Å². The second-order valence-electron chi connectivity index (χ2n) is 5.77. The minimum atomic E-state index is -4.32. The largest absolute Gasteiger partial charge is 0.462 e. The van der Waals surface area contributed by atoms with E-state index in [1.54, 1.807) is 36.6 Å². The zero-order valence-electron chi connectivity index (χ0n) is 15.2. The number of carbonyl (C=O) groups excluding carboxylic acids is 1. The number of para-hydroxylation sites is 1. The van der Waals surface area contributed by atoms with E-state index in [0.29, 0.717) is 11.1 Å². The van der Waals surface area contributed by atoms with Crippen molar-refractivity contribution in [3.8, 4) is 11.1 Å². The zero-order chi connectivity index (χ0) is 21.0. The molecule has 0 spiro atoms. The number of sulfonamides is 1. The Morgan fingerprint density at radius 2 is 1.79 bits per heavy atom. The van der Waals surface area contributed by atoms with Gasteiger partial charge in [0, 0.05) is 17.0 Å². The number of hydrogen-bond donors (Lipinski definition) is 1.